The Morgan fingerprint density at radius 1 is 1.46 bits per heavy atom. The highest BCUT2D eigenvalue weighted by molar-refractivity contribution is 5.98. The van der Waals surface area contributed by atoms with Crippen molar-refractivity contribution >= 4 is 12.1 Å². The normalized spacial score (nSPS) is 9.69. The number of aldehydes is 1. The smallest absolute Gasteiger partial charge is 0.160 e. The first-order chi connectivity index (χ1) is 6.06. The molecule has 1 aromatic carbocycles. The van der Waals surface area contributed by atoms with Crippen LogP contribution in [0.1, 0.15) is 33.2 Å². The molecule has 0 amide bonds. The second-order valence-corrected chi connectivity index (χ2v) is 2.88. The first kappa shape index (κ1) is 9.45. The molecule has 1 N–H and O–H groups in total. The van der Waals surface area contributed by atoms with Gasteiger partial charge in [-0.05, 0) is 31.5 Å². The van der Waals surface area contributed by atoms with Gasteiger partial charge in [0, 0.05) is 11.1 Å². The average Bonchev–Trinajstić information content (AvgIpc) is 2.08. The molecule has 3 nitrogen and oxygen atoms in total. The number of rotatable bonds is 2. The van der Waals surface area contributed by atoms with E-state index in [2.05, 4.69) is 0 Å². The first-order valence-electron chi connectivity index (χ1n) is 3.86. The van der Waals surface area contributed by atoms with Gasteiger partial charge in [0.25, 0.3) is 0 Å². The summed E-state index contributed by atoms with van der Waals surface area (Å²) in [5.41, 5.74) is 1.35. The number of aromatic hydroxyl groups is 1. The van der Waals surface area contributed by atoms with Crippen molar-refractivity contribution in [1.82, 2.24) is 0 Å². The molecule has 1 aromatic rings. The largest absolute Gasteiger partial charge is 0.508 e. The van der Waals surface area contributed by atoms with Gasteiger partial charge in [0.05, 0.1) is 0 Å². The third-order valence-electron chi connectivity index (χ3n) is 1.94. The number of phenolic OH excluding ortho intramolecular Hbond substituents is 1. The maximum atomic E-state index is 11.1. The Morgan fingerprint density at radius 3 is 2.54 bits per heavy atom. The molecule has 0 saturated heterocycles. The summed E-state index contributed by atoms with van der Waals surface area (Å²) in [6, 6.07) is 2.71. The molecule has 0 aliphatic carbocycles. The average molecular weight is 178 g/mol. The fourth-order valence-electron chi connectivity index (χ4n) is 1.21. The van der Waals surface area contributed by atoms with Gasteiger partial charge in [-0.1, -0.05) is 0 Å². The minimum Gasteiger partial charge on any atom is -0.508 e. The molecule has 13 heavy (non-hydrogen) atoms. The van der Waals surface area contributed by atoms with Crippen LogP contribution in [0.25, 0.3) is 0 Å². The lowest BCUT2D eigenvalue weighted by Crippen LogP contribution is -1.99. The van der Waals surface area contributed by atoms with Crippen LogP contribution in [0.15, 0.2) is 12.1 Å². The molecule has 1 rings (SSSR count). The Kier molecular flexibility index (Phi) is 2.46. The van der Waals surface area contributed by atoms with Crippen LogP contribution in [0, 0.1) is 6.92 Å². The Bertz CT molecular complexity index is 367. The number of hydrogen-bond acceptors (Lipinski definition) is 3. The van der Waals surface area contributed by atoms with Crippen LogP contribution in [-0.2, 0) is 0 Å². The highest BCUT2D eigenvalue weighted by Crippen LogP contribution is 2.20. The number of carbonyl (C=O) groups is 2. The molecule has 0 saturated carbocycles. The topological polar surface area (TPSA) is 54.4 Å². The number of carbonyl (C=O) groups excluding carboxylic acids is 2. The summed E-state index contributed by atoms with van der Waals surface area (Å²) in [7, 11) is 0. The minimum atomic E-state index is -0.156. The van der Waals surface area contributed by atoms with Crippen LogP contribution >= 0.6 is 0 Å². The molecule has 0 aliphatic rings. The fourth-order valence-corrected chi connectivity index (χ4v) is 1.21. The number of phenols is 1. The molecule has 0 atom stereocenters. The molecule has 68 valence electrons. The van der Waals surface area contributed by atoms with Crippen molar-refractivity contribution in [2.45, 2.75) is 13.8 Å². The van der Waals surface area contributed by atoms with Gasteiger partial charge in [-0.2, -0.15) is 0 Å². The number of benzene rings is 1. The van der Waals surface area contributed by atoms with E-state index in [1.165, 1.54) is 19.1 Å². The van der Waals surface area contributed by atoms with Gasteiger partial charge in [0.2, 0.25) is 0 Å². The number of hydrogen-bond donors (Lipinski definition) is 1. The summed E-state index contributed by atoms with van der Waals surface area (Å²) in [5, 5.41) is 9.19. The van der Waals surface area contributed by atoms with Gasteiger partial charge in [0.1, 0.15) is 12.0 Å². The quantitative estimate of drug-likeness (QED) is 0.554. The van der Waals surface area contributed by atoms with Crippen molar-refractivity contribution in [3.63, 3.8) is 0 Å². The Hall–Kier alpha value is -1.64. The molecular weight excluding hydrogens is 168 g/mol. The molecule has 0 radical (unpaired) electrons. The van der Waals surface area contributed by atoms with Crippen LogP contribution in [0.3, 0.4) is 0 Å². The second-order valence-electron chi connectivity index (χ2n) is 2.88. The van der Waals surface area contributed by atoms with Gasteiger partial charge in [-0.3, -0.25) is 9.59 Å². The van der Waals surface area contributed by atoms with E-state index in [1.54, 1.807) is 6.92 Å². The van der Waals surface area contributed by atoms with E-state index in [0.717, 1.165) is 0 Å². The molecule has 0 spiro atoms. The van der Waals surface area contributed by atoms with Crippen molar-refractivity contribution in [2.24, 2.45) is 0 Å². The van der Waals surface area contributed by atoms with Gasteiger partial charge >= 0.3 is 0 Å². The number of Topliss-reactive ketones (excluding diaryl/α,β-unsaturated/α-hetero) is 1. The van der Waals surface area contributed by atoms with Gasteiger partial charge < -0.3 is 5.11 Å². The van der Waals surface area contributed by atoms with Crippen molar-refractivity contribution in [3.05, 3.63) is 28.8 Å². The minimum absolute atomic E-state index is 0.0575. The van der Waals surface area contributed by atoms with Crippen LogP contribution in [-0.4, -0.2) is 17.2 Å². The molecule has 0 unspecified atom stereocenters. The summed E-state index contributed by atoms with van der Waals surface area (Å²) in [4.78, 5) is 21.6. The zero-order valence-electron chi connectivity index (χ0n) is 7.50. The molecular formula is C10H10O3. The maximum absolute atomic E-state index is 11.1. The first-order valence-corrected chi connectivity index (χ1v) is 3.86. The van der Waals surface area contributed by atoms with Crippen LogP contribution in [0.4, 0.5) is 0 Å². The summed E-state index contributed by atoms with van der Waals surface area (Å²) in [5.74, 6) is -0.214. The summed E-state index contributed by atoms with van der Waals surface area (Å²) in [6.45, 7) is 3.08. The van der Waals surface area contributed by atoms with Crippen molar-refractivity contribution in [3.8, 4) is 5.75 Å². The zero-order chi connectivity index (χ0) is 10.0. The summed E-state index contributed by atoms with van der Waals surface area (Å²) in [6.07, 6.45) is 0.626. The SMILES string of the molecule is CC(=O)c1cc(O)cc(C=O)c1C. The molecule has 0 fully saturated rings. The molecule has 0 aliphatic heterocycles. The highest BCUT2D eigenvalue weighted by atomic mass is 16.3. The lowest BCUT2D eigenvalue weighted by molar-refractivity contribution is 0.101. The van der Waals surface area contributed by atoms with E-state index >= 15 is 0 Å². The highest BCUT2D eigenvalue weighted by Gasteiger charge is 2.09. The molecule has 0 aromatic heterocycles. The lowest BCUT2D eigenvalue weighted by atomic mass is 10.00. The van der Waals surface area contributed by atoms with E-state index < -0.39 is 0 Å². The Morgan fingerprint density at radius 2 is 2.08 bits per heavy atom. The third-order valence-corrected chi connectivity index (χ3v) is 1.94. The number of ketones is 1. The van der Waals surface area contributed by atoms with E-state index in [9.17, 15) is 14.7 Å². The maximum Gasteiger partial charge on any atom is 0.160 e. The molecule has 0 heterocycles. The summed E-state index contributed by atoms with van der Waals surface area (Å²) < 4.78 is 0. The Balaban J connectivity index is 3.44. The monoisotopic (exact) mass is 178 g/mol. The van der Waals surface area contributed by atoms with E-state index in [-0.39, 0.29) is 11.5 Å². The van der Waals surface area contributed by atoms with E-state index in [0.29, 0.717) is 23.0 Å². The summed E-state index contributed by atoms with van der Waals surface area (Å²) >= 11 is 0. The van der Waals surface area contributed by atoms with Gasteiger partial charge in [-0.25, -0.2) is 0 Å². The van der Waals surface area contributed by atoms with Crippen molar-refractivity contribution < 1.29 is 14.7 Å². The molecule has 0 bridgehead atoms. The fraction of sp³-hybridized carbons (Fsp3) is 0.200. The Labute approximate surface area is 76.0 Å². The van der Waals surface area contributed by atoms with Crippen molar-refractivity contribution in [2.75, 3.05) is 0 Å². The second kappa shape index (κ2) is 3.39. The predicted molar refractivity (Wildman–Crippen MR) is 48.2 cm³/mol. The van der Waals surface area contributed by atoms with Crippen LogP contribution in [0.5, 0.6) is 5.75 Å². The van der Waals surface area contributed by atoms with Gasteiger partial charge in [-0.15, -0.1) is 0 Å². The standard InChI is InChI=1S/C10H10O3/c1-6-8(5-11)3-9(13)4-10(6)7(2)12/h3-5,13H,1-2H3. The van der Waals surface area contributed by atoms with Crippen molar-refractivity contribution in [1.29, 1.82) is 0 Å². The third kappa shape index (κ3) is 1.75. The van der Waals surface area contributed by atoms with Crippen LogP contribution < -0.4 is 0 Å². The predicted octanol–water partition coefficient (Wildman–Crippen LogP) is 1.72. The zero-order valence-corrected chi connectivity index (χ0v) is 7.50. The molecule has 3 heteroatoms. The van der Waals surface area contributed by atoms with Gasteiger partial charge in [0.15, 0.2) is 5.78 Å². The van der Waals surface area contributed by atoms with E-state index in [4.69, 9.17) is 0 Å². The van der Waals surface area contributed by atoms with Crippen LogP contribution in [0.2, 0.25) is 0 Å². The lowest BCUT2D eigenvalue weighted by Gasteiger charge is -2.05. The van der Waals surface area contributed by atoms with E-state index in [1.807, 2.05) is 0 Å².